The molecule has 0 atom stereocenters. The van der Waals surface area contributed by atoms with Gasteiger partial charge in [-0.2, -0.15) is 10.4 Å². The molecule has 0 amide bonds. The highest BCUT2D eigenvalue weighted by Gasteiger charge is 2.31. The molecule has 0 aliphatic heterocycles. The van der Waals surface area contributed by atoms with Gasteiger partial charge in [0.1, 0.15) is 17.3 Å². The molecule has 0 saturated carbocycles. The minimum absolute atomic E-state index is 0.0606. The first-order valence-electron chi connectivity index (χ1n) is 9.08. The lowest BCUT2D eigenvalue weighted by molar-refractivity contribution is 0.0549. The highest BCUT2D eigenvalue weighted by atomic mass is 16.5. The molecule has 9 heteroatoms. The van der Waals surface area contributed by atoms with E-state index >= 15 is 0 Å². The van der Waals surface area contributed by atoms with Crippen molar-refractivity contribution in [2.75, 3.05) is 27.9 Å². The number of ether oxygens (including phenoxy) is 4. The summed E-state index contributed by atoms with van der Waals surface area (Å²) in [6.07, 6.45) is 0. The highest BCUT2D eigenvalue weighted by molar-refractivity contribution is 6.06. The number of para-hydroxylation sites is 1. The summed E-state index contributed by atoms with van der Waals surface area (Å²) in [5.41, 5.74) is 1.05. The molecule has 1 heterocycles. The van der Waals surface area contributed by atoms with Crippen LogP contribution < -0.4 is 9.47 Å². The summed E-state index contributed by atoms with van der Waals surface area (Å²) >= 11 is 0. The van der Waals surface area contributed by atoms with Crippen molar-refractivity contribution < 1.29 is 28.5 Å². The molecule has 158 valence electrons. The first-order valence-corrected chi connectivity index (χ1v) is 9.08. The molecule has 1 aromatic heterocycles. The molecule has 0 N–H and O–H groups in total. The molecule has 9 nitrogen and oxygen atoms in total. The van der Waals surface area contributed by atoms with Gasteiger partial charge < -0.3 is 18.9 Å². The van der Waals surface area contributed by atoms with E-state index in [0.29, 0.717) is 17.0 Å². The van der Waals surface area contributed by atoms with Crippen molar-refractivity contribution in [2.45, 2.75) is 0 Å². The van der Waals surface area contributed by atoms with E-state index in [1.165, 1.54) is 26.0 Å². The molecule has 0 fully saturated rings. The Hall–Kier alpha value is -4.32. The number of carbonyl (C=O) groups excluding carboxylic acids is 2. The lowest BCUT2D eigenvalue weighted by atomic mass is 10.0. The normalized spacial score (nSPS) is 10.1. The molecule has 0 aliphatic carbocycles. The third kappa shape index (κ3) is 4.18. The summed E-state index contributed by atoms with van der Waals surface area (Å²) in [6, 6.07) is 15.6. The number of esters is 2. The van der Waals surface area contributed by atoms with Gasteiger partial charge in [0, 0.05) is 5.56 Å². The van der Waals surface area contributed by atoms with E-state index in [0.717, 1.165) is 0 Å². The number of nitriles is 1. The molecule has 0 unspecified atom stereocenters. The summed E-state index contributed by atoms with van der Waals surface area (Å²) in [4.78, 5) is 25.3. The van der Waals surface area contributed by atoms with Crippen LogP contribution in [0, 0.1) is 11.3 Å². The number of methoxy groups -OCH3 is 3. The van der Waals surface area contributed by atoms with Gasteiger partial charge in [-0.25, -0.2) is 14.3 Å². The number of nitrogens with zero attached hydrogens (tertiary/aromatic N) is 3. The molecule has 3 aromatic rings. The third-order valence-corrected chi connectivity index (χ3v) is 4.38. The van der Waals surface area contributed by atoms with E-state index in [1.807, 2.05) is 12.1 Å². The van der Waals surface area contributed by atoms with Crippen LogP contribution in [0.4, 0.5) is 0 Å². The highest BCUT2D eigenvalue weighted by Crippen LogP contribution is 2.35. The van der Waals surface area contributed by atoms with Crippen molar-refractivity contribution in [2.24, 2.45) is 0 Å². The quantitative estimate of drug-likeness (QED) is 0.535. The Kier molecular flexibility index (Phi) is 6.52. The maximum absolute atomic E-state index is 12.7. The van der Waals surface area contributed by atoms with Gasteiger partial charge in [-0.15, -0.1) is 0 Å². The second-order valence-corrected chi connectivity index (χ2v) is 6.12. The fraction of sp³-hybridized carbons (Fsp3) is 0.182. The maximum Gasteiger partial charge on any atom is 0.357 e. The van der Waals surface area contributed by atoms with E-state index in [4.69, 9.17) is 24.2 Å². The van der Waals surface area contributed by atoms with Crippen molar-refractivity contribution in [1.29, 1.82) is 5.26 Å². The zero-order valence-corrected chi connectivity index (χ0v) is 17.1. The van der Waals surface area contributed by atoms with Gasteiger partial charge in [-0.05, 0) is 30.3 Å². The molecular formula is C22H19N3O6. The number of hydrogen-bond donors (Lipinski definition) is 0. The average molecular weight is 421 g/mol. The van der Waals surface area contributed by atoms with Gasteiger partial charge in [0.2, 0.25) is 0 Å². The molecule has 0 radical (unpaired) electrons. The molecular weight excluding hydrogens is 402 g/mol. The summed E-state index contributed by atoms with van der Waals surface area (Å²) in [5.74, 6) is -0.828. The van der Waals surface area contributed by atoms with E-state index in [-0.39, 0.29) is 29.3 Å². The van der Waals surface area contributed by atoms with Crippen LogP contribution in [0.15, 0.2) is 48.5 Å². The van der Waals surface area contributed by atoms with Crippen molar-refractivity contribution in [3.8, 4) is 34.5 Å². The number of carbonyl (C=O) groups is 2. The summed E-state index contributed by atoms with van der Waals surface area (Å²) in [6.45, 7) is -0.199. The van der Waals surface area contributed by atoms with Crippen LogP contribution in [-0.2, 0) is 9.47 Å². The zero-order valence-electron chi connectivity index (χ0n) is 17.1. The third-order valence-electron chi connectivity index (χ3n) is 4.38. The van der Waals surface area contributed by atoms with Crippen LogP contribution in [-0.4, -0.2) is 49.7 Å². The average Bonchev–Trinajstić information content (AvgIpc) is 3.22. The number of aromatic nitrogens is 2. The predicted molar refractivity (Wildman–Crippen MR) is 109 cm³/mol. The minimum atomic E-state index is -0.757. The second kappa shape index (κ2) is 9.45. The second-order valence-electron chi connectivity index (χ2n) is 6.12. The van der Waals surface area contributed by atoms with Crippen molar-refractivity contribution >= 4 is 11.9 Å². The Morgan fingerprint density at radius 1 is 1.00 bits per heavy atom. The Labute approximate surface area is 178 Å². The summed E-state index contributed by atoms with van der Waals surface area (Å²) < 4.78 is 21.8. The molecule has 2 aromatic carbocycles. The van der Waals surface area contributed by atoms with Crippen LogP contribution in [0.25, 0.3) is 16.9 Å². The standard InChI is InChI=1S/C22H19N3O6/c1-28-16-10-9-14(13-17(16)31-12-11-23)19-18(21(26)29-2)20(22(27)30-3)25(24-19)15-7-5-4-6-8-15/h4-10,13H,12H2,1-3H3. The van der Waals surface area contributed by atoms with Crippen LogP contribution in [0.5, 0.6) is 11.5 Å². The van der Waals surface area contributed by atoms with Crippen molar-refractivity contribution in [3.05, 3.63) is 59.8 Å². The minimum Gasteiger partial charge on any atom is -0.493 e. The lowest BCUT2D eigenvalue weighted by Gasteiger charge is -2.10. The maximum atomic E-state index is 12.7. The lowest BCUT2D eigenvalue weighted by Crippen LogP contribution is -2.15. The Balaban J connectivity index is 2.30. The van der Waals surface area contributed by atoms with E-state index in [2.05, 4.69) is 5.10 Å². The van der Waals surface area contributed by atoms with Crippen molar-refractivity contribution in [1.82, 2.24) is 9.78 Å². The SMILES string of the molecule is COC(=O)c1c(-c2ccc(OC)c(OCC#N)c2)nn(-c2ccccc2)c1C(=O)OC. The van der Waals surface area contributed by atoms with Crippen molar-refractivity contribution in [3.63, 3.8) is 0 Å². The molecule has 3 rings (SSSR count). The van der Waals surface area contributed by atoms with E-state index < -0.39 is 11.9 Å². The molecule has 0 spiro atoms. The van der Waals surface area contributed by atoms with Crippen LogP contribution in [0.3, 0.4) is 0 Å². The summed E-state index contributed by atoms with van der Waals surface area (Å²) in [7, 11) is 3.89. The number of rotatable bonds is 7. The zero-order chi connectivity index (χ0) is 22.4. The molecule has 31 heavy (non-hydrogen) atoms. The summed E-state index contributed by atoms with van der Waals surface area (Å²) in [5, 5.41) is 13.4. The smallest absolute Gasteiger partial charge is 0.357 e. The number of benzene rings is 2. The fourth-order valence-corrected chi connectivity index (χ4v) is 3.00. The largest absolute Gasteiger partial charge is 0.493 e. The first-order chi connectivity index (χ1) is 15.0. The fourth-order valence-electron chi connectivity index (χ4n) is 3.00. The van der Waals surface area contributed by atoms with E-state index in [1.54, 1.807) is 42.5 Å². The van der Waals surface area contributed by atoms with Gasteiger partial charge in [0.15, 0.2) is 23.8 Å². The van der Waals surface area contributed by atoms with Gasteiger partial charge >= 0.3 is 11.9 Å². The van der Waals surface area contributed by atoms with Gasteiger partial charge in [-0.1, -0.05) is 18.2 Å². The Morgan fingerprint density at radius 3 is 2.32 bits per heavy atom. The number of hydrogen-bond acceptors (Lipinski definition) is 8. The molecule has 0 aliphatic rings. The Morgan fingerprint density at radius 2 is 1.71 bits per heavy atom. The van der Waals surface area contributed by atoms with Crippen LogP contribution in [0.1, 0.15) is 20.8 Å². The van der Waals surface area contributed by atoms with Gasteiger partial charge in [0.25, 0.3) is 0 Å². The molecule has 0 bridgehead atoms. The van der Waals surface area contributed by atoms with Crippen LogP contribution in [0.2, 0.25) is 0 Å². The molecule has 0 saturated heterocycles. The van der Waals surface area contributed by atoms with E-state index in [9.17, 15) is 9.59 Å². The first kappa shape index (κ1) is 21.4. The Bertz CT molecular complexity index is 1150. The van der Waals surface area contributed by atoms with Gasteiger partial charge in [-0.3, -0.25) is 0 Å². The van der Waals surface area contributed by atoms with Crippen LogP contribution >= 0.6 is 0 Å². The topological polar surface area (TPSA) is 113 Å². The predicted octanol–water partition coefficient (Wildman–Crippen LogP) is 3.02. The van der Waals surface area contributed by atoms with Gasteiger partial charge in [0.05, 0.1) is 27.0 Å². The monoisotopic (exact) mass is 421 g/mol.